The zero-order valence-electron chi connectivity index (χ0n) is 13.4. The number of rotatable bonds is 4. The molecule has 3 rings (SSSR count). The molecule has 1 aromatic carbocycles. The predicted molar refractivity (Wildman–Crippen MR) is 91.9 cm³/mol. The third kappa shape index (κ3) is 3.46. The van der Waals surface area contributed by atoms with Crippen LogP contribution >= 0.6 is 11.3 Å². The second kappa shape index (κ2) is 6.05. The van der Waals surface area contributed by atoms with Gasteiger partial charge in [0.1, 0.15) is 0 Å². The minimum absolute atomic E-state index is 0.546. The number of nitrogens with zero attached hydrogens (tertiary/aromatic N) is 1. The van der Waals surface area contributed by atoms with Crippen molar-refractivity contribution in [2.75, 3.05) is 7.05 Å². The van der Waals surface area contributed by atoms with E-state index in [1.165, 1.54) is 35.4 Å². The van der Waals surface area contributed by atoms with Crippen LogP contribution in [0.3, 0.4) is 0 Å². The van der Waals surface area contributed by atoms with E-state index in [1.54, 1.807) is 0 Å². The minimum atomic E-state index is 0.546. The van der Waals surface area contributed by atoms with Gasteiger partial charge in [0.05, 0.1) is 15.2 Å². The highest BCUT2D eigenvalue weighted by atomic mass is 32.1. The maximum absolute atomic E-state index is 4.80. The van der Waals surface area contributed by atoms with E-state index in [9.17, 15) is 0 Å². The van der Waals surface area contributed by atoms with Crippen molar-refractivity contribution < 1.29 is 0 Å². The first-order valence-electron chi connectivity index (χ1n) is 8.09. The van der Waals surface area contributed by atoms with Gasteiger partial charge in [0.15, 0.2) is 0 Å². The average molecular weight is 302 g/mol. The number of aromatic nitrogens is 1. The van der Waals surface area contributed by atoms with Crippen molar-refractivity contribution in [3.63, 3.8) is 0 Å². The van der Waals surface area contributed by atoms with Gasteiger partial charge in [-0.1, -0.05) is 26.0 Å². The van der Waals surface area contributed by atoms with Crippen LogP contribution in [0.2, 0.25) is 0 Å². The van der Waals surface area contributed by atoms with Gasteiger partial charge in [0.2, 0.25) is 0 Å². The average Bonchev–Trinajstić information content (AvgIpc) is 2.87. The Morgan fingerprint density at radius 3 is 2.67 bits per heavy atom. The van der Waals surface area contributed by atoms with E-state index in [-0.39, 0.29) is 0 Å². The van der Waals surface area contributed by atoms with E-state index >= 15 is 0 Å². The molecule has 1 unspecified atom stereocenters. The molecule has 21 heavy (non-hydrogen) atoms. The molecule has 0 amide bonds. The van der Waals surface area contributed by atoms with Crippen molar-refractivity contribution >= 4 is 21.6 Å². The lowest BCUT2D eigenvalue weighted by molar-refractivity contribution is 0.163. The number of hydrogen-bond donors (Lipinski definition) is 1. The molecule has 2 aromatic rings. The Kier molecular flexibility index (Phi) is 4.32. The van der Waals surface area contributed by atoms with Crippen LogP contribution in [0.4, 0.5) is 0 Å². The molecular formula is C18H26N2S. The van der Waals surface area contributed by atoms with Crippen molar-refractivity contribution in [3.05, 3.63) is 29.3 Å². The predicted octanol–water partition coefficient (Wildman–Crippen LogP) is 4.64. The summed E-state index contributed by atoms with van der Waals surface area (Å²) in [6.45, 7) is 4.82. The van der Waals surface area contributed by atoms with Crippen molar-refractivity contribution in [2.24, 2.45) is 11.3 Å². The molecule has 1 fully saturated rings. The molecule has 3 heteroatoms. The zero-order valence-corrected chi connectivity index (χ0v) is 14.2. The molecule has 0 aliphatic heterocycles. The number of likely N-dealkylation sites (N-methyl/N-ethyl adjacent to an activating group) is 1. The van der Waals surface area contributed by atoms with E-state index in [0.29, 0.717) is 11.5 Å². The molecule has 1 saturated carbocycles. The monoisotopic (exact) mass is 302 g/mol. The largest absolute Gasteiger partial charge is 0.316 e. The van der Waals surface area contributed by atoms with E-state index < -0.39 is 0 Å². The fourth-order valence-electron chi connectivity index (χ4n) is 3.52. The number of nitrogens with one attached hydrogen (secondary N) is 1. The molecular weight excluding hydrogens is 276 g/mol. The Hall–Kier alpha value is -0.930. The van der Waals surface area contributed by atoms with Gasteiger partial charge in [-0.2, -0.15) is 0 Å². The van der Waals surface area contributed by atoms with Gasteiger partial charge in [-0.3, -0.25) is 0 Å². The molecule has 1 atom stereocenters. The van der Waals surface area contributed by atoms with Gasteiger partial charge in [0, 0.05) is 12.5 Å². The van der Waals surface area contributed by atoms with Crippen LogP contribution in [-0.4, -0.2) is 18.1 Å². The van der Waals surface area contributed by atoms with Gasteiger partial charge in [-0.25, -0.2) is 4.98 Å². The van der Waals surface area contributed by atoms with Crippen molar-refractivity contribution in [2.45, 2.75) is 52.0 Å². The lowest BCUT2D eigenvalue weighted by atomic mass is 9.71. The Morgan fingerprint density at radius 1 is 1.29 bits per heavy atom. The van der Waals surface area contributed by atoms with Crippen LogP contribution in [0.15, 0.2) is 24.3 Å². The summed E-state index contributed by atoms with van der Waals surface area (Å²) < 4.78 is 1.31. The first kappa shape index (κ1) is 15.0. The Bertz CT molecular complexity index is 559. The van der Waals surface area contributed by atoms with Gasteiger partial charge in [-0.05, 0) is 56.2 Å². The summed E-state index contributed by atoms with van der Waals surface area (Å²) in [6, 6.07) is 9.04. The Morgan fingerprint density at radius 2 is 2.00 bits per heavy atom. The van der Waals surface area contributed by atoms with Crippen LogP contribution in [-0.2, 0) is 6.42 Å². The number of para-hydroxylation sites is 1. The molecule has 1 N–H and O–H groups in total. The van der Waals surface area contributed by atoms with Gasteiger partial charge >= 0.3 is 0 Å². The normalized spacial score (nSPS) is 20.7. The third-order valence-corrected chi connectivity index (χ3v) is 6.12. The first-order chi connectivity index (χ1) is 10.1. The second-order valence-electron chi connectivity index (χ2n) is 7.18. The molecule has 0 radical (unpaired) electrons. The van der Waals surface area contributed by atoms with Crippen LogP contribution in [0.1, 0.15) is 44.5 Å². The molecule has 0 saturated heterocycles. The van der Waals surface area contributed by atoms with Crippen molar-refractivity contribution in [1.29, 1.82) is 0 Å². The number of hydrogen-bond acceptors (Lipinski definition) is 3. The molecule has 2 nitrogen and oxygen atoms in total. The second-order valence-corrected chi connectivity index (χ2v) is 8.29. The van der Waals surface area contributed by atoms with E-state index in [4.69, 9.17) is 4.98 Å². The molecule has 1 aromatic heterocycles. The Balaban J connectivity index is 1.69. The molecule has 1 aliphatic carbocycles. The summed E-state index contributed by atoms with van der Waals surface area (Å²) in [4.78, 5) is 4.80. The zero-order chi connectivity index (χ0) is 14.9. The first-order valence-corrected chi connectivity index (χ1v) is 8.91. The minimum Gasteiger partial charge on any atom is -0.316 e. The molecule has 1 aliphatic rings. The quantitative estimate of drug-likeness (QED) is 0.889. The van der Waals surface area contributed by atoms with Crippen molar-refractivity contribution in [3.8, 4) is 0 Å². The summed E-state index contributed by atoms with van der Waals surface area (Å²) in [5, 5.41) is 4.84. The van der Waals surface area contributed by atoms with Crippen molar-refractivity contribution in [1.82, 2.24) is 10.3 Å². The maximum atomic E-state index is 4.80. The highest BCUT2D eigenvalue weighted by Crippen LogP contribution is 2.39. The number of fused-ring (bicyclic) bond motifs is 1. The van der Waals surface area contributed by atoms with E-state index in [2.05, 4.69) is 50.5 Å². The van der Waals surface area contributed by atoms with Gasteiger partial charge < -0.3 is 5.32 Å². The highest BCUT2D eigenvalue weighted by Gasteiger charge is 2.31. The number of benzene rings is 1. The maximum Gasteiger partial charge on any atom is 0.0954 e. The summed E-state index contributed by atoms with van der Waals surface area (Å²) in [6.07, 6.45) is 6.49. The molecule has 0 bridgehead atoms. The summed E-state index contributed by atoms with van der Waals surface area (Å²) in [7, 11) is 2.11. The summed E-state index contributed by atoms with van der Waals surface area (Å²) in [5.41, 5.74) is 1.70. The van der Waals surface area contributed by atoms with E-state index in [0.717, 1.165) is 17.9 Å². The van der Waals surface area contributed by atoms with E-state index in [1.807, 2.05) is 11.3 Å². The van der Waals surface area contributed by atoms with Crippen LogP contribution in [0, 0.1) is 11.3 Å². The smallest absolute Gasteiger partial charge is 0.0954 e. The fourth-order valence-corrected chi connectivity index (χ4v) is 4.55. The third-order valence-electron chi connectivity index (χ3n) is 5.06. The summed E-state index contributed by atoms with van der Waals surface area (Å²) >= 11 is 1.85. The fraction of sp³-hybridized carbons (Fsp3) is 0.611. The van der Waals surface area contributed by atoms with Gasteiger partial charge in [-0.15, -0.1) is 11.3 Å². The van der Waals surface area contributed by atoms with Crippen LogP contribution in [0.5, 0.6) is 0 Å². The van der Waals surface area contributed by atoms with Crippen LogP contribution in [0.25, 0.3) is 10.2 Å². The lowest BCUT2D eigenvalue weighted by Gasteiger charge is -2.37. The summed E-state index contributed by atoms with van der Waals surface area (Å²) in [5.74, 6) is 0.801. The molecule has 1 heterocycles. The Labute approximate surface area is 132 Å². The molecule has 0 spiro atoms. The number of thiazole rings is 1. The topological polar surface area (TPSA) is 24.9 Å². The standard InChI is InChI=1S/C18H26N2S/c1-18(2)10-8-13(9-11-18)15(19-3)12-17-20-14-6-4-5-7-16(14)21-17/h4-7,13,15,19H,8-12H2,1-3H3. The molecule has 114 valence electrons. The highest BCUT2D eigenvalue weighted by molar-refractivity contribution is 7.18. The lowest BCUT2D eigenvalue weighted by Crippen LogP contribution is -2.38. The van der Waals surface area contributed by atoms with Crippen LogP contribution < -0.4 is 5.32 Å². The SMILES string of the molecule is CNC(Cc1nc2ccccc2s1)C1CCC(C)(C)CC1. The van der Waals surface area contributed by atoms with Gasteiger partial charge in [0.25, 0.3) is 0 Å².